The maximum absolute atomic E-state index is 13.1. The van der Waals surface area contributed by atoms with Crippen LogP contribution in [-0.2, 0) is 24.0 Å². The van der Waals surface area contributed by atoms with E-state index in [0.717, 1.165) is 22.0 Å². The average molecular weight is 399 g/mol. The summed E-state index contributed by atoms with van der Waals surface area (Å²) in [5, 5.41) is 8.67. The molecule has 2 N–H and O–H groups in total. The fraction of sp³-hybridized carbons (Fsp3) is 0.263. The first-order valence-corrected chi connectivity index (χ1v) is 8.81. The van der Waals surface area contributed by atoms with E-state index in [1.807, 2.05) is 0 Å². The zero-order valence-corrected chi connectivity index (χ0v) is 15.2. The van der Waals surface area contributed by atoms with Gasteiger partial charge < -0.3 is 0 Å². The Morgan fingerprint density at radius 1 is 1.03 bits per heavy atom. The number of hydrogen-bond donors (Lipinski definition) is 2. The van der Waals surface area contributed by atoms with Gasteiger partial charge in [-0.1, -0.05) is 12.1 Å². The maximum Gasteiger partial charge on any atom is 0.258 e. The first-order valence-electron chi connectivity index (χ1n) is 8.81. The van der Waals surface area contributed by atoms with Crippen molar-refractivity contribution in [2.45, 2.75) is 31.7 Å². The van der Waals surface area contributed by atoms with Gasteiger partial charge in [-0.05, 0) is 18.6 Å². The first kappa shape index (κ1) is 20.1. The standard InChI is InChI=1S/C19H17N3O7/c23-14(20-29)5-4-13(22-17(26)8-9-18(22)27)19(28)11-2-1-3-12(10-11)21-15(24)6-7-16(21)25/h1-3,6-7,10,13,29H,4-5,8-9H2,(H,20,23). The van der Waals surface area contributed by atoms with Crippen LogP contribution in [0.15, 0.2) is 36.4 Å². The largest absolute Gasteiger partial charge is 0.292 e. The van der Waals surface area contributed by atoms with Gasteiger partial charge in [0.25, 0.3) is 11.8 Å². The fourth-order valence-electron chi connectivity index (χ4n) is 3.29. The molecular weight excluding hydrogens is 382 g/mol. The van der Waals surface area contributed by atoms with Gasteiger partial charge in [0.2, 0.25) is 17.7 Å². The molecule has 0 saturated carbocycles. The molecule has 2 heterocycles. The van der Waals surface area contributed by atoms with Gasteiger partial charge in [0.05, 0.1) is 5.69 Å². The first-order chi connectivity index (χ1) is 13.8. The topological polar surface area (TPSA) is 141 Å². The van der Waals surface area contributed by atoms with E-state index in [-0.39, 0.29) is 36.9 Å². The monoisotopic (exact) mass is 399 g/mol. The fourth-order valence-corrected chi connectivity index (χ4v) is 3.29. The van der Waals surface area contributed by atoms with Crippen molar-refractivity contribution in [1.29, 1.82) is 0 Å². The van der Waals surface area contributed by atoms with Crippen LogP contribution in [0.4, 0.5) is 5.69 Å². The molecule has 0 bridgehead atoms. The lowest BCUT2D eigenvalue weighted by atomic mass is 9.98. The summed E-state index contributed by atoms with van der Waals surface area (Å²) in [6.45, 7) is 0. The molecule has 0 aromatic heterocycles. The predicted molar refractivity (Wildman–Crippen MR) is 96.4 cm³/mol. The lowest BCUT2D eigenvalue weighted by Crippen LogP contribution is -2.45. The Balaban J connectivity index is 1.91. The molecule has 10 heteroatoms. The number of rotatable bonds is 7. The summed E-state index contributed by atoms with van der Waals surface area (Å²) < 4.78 is 0. The van der Waals surface area contributed by atoms with E-state index in [1.165, 1.54) is 29.7 Å². The van der Waals surface area contributed by atoms with Crippen LogP contribution in [0.5, 0.6) is 0 Å². The third kappa shape index (κ3) is 3.97. The van der Waals surface area contributed by atoms with Gasteiger partial charge in [0.15, 0.2) is 5.78 Å². The summed E-state index contributed by atoms with van der Waals surface area (Å²) >= 11 is 0. The van der Waals surface area contributed by atoms with E-state index in [1.54, 1.807) is 0 Å². The number of Topliss-reactive ketones (excluding diaryl/α,β-unsaturated/α-hetero) is 1. The number of nitrogens with one attached hydrogen (secondary N) is 1. The van der Waals surface area contributed by atoms with Crippen molar-refractivity contribution in [2.75, 3.05) is 4.90 Å². The Hall–Kier alpha value is -3.66. The highest BCUT2D eigenvalue weighted by molar-refractivity contribution is 6.28. The molecule has 1 aromatic carbocycles. The molecule has 5 amide bonds. The number of likely N-dealkylation sites (tertiary alicyclic amines) is 1. The van der Waals surface area contributed by atoms with Crippen molar-refractivity contribution in [3.63, 3.8) is 0 Å². The quantitative estimate of drug-likeness (QED) is 0.287. The van der Waals surface area contributed by atoms with Crippen LogP contribution in [0, 0.1) is 0 Å². The number of benzene rings is 1. The highest BCUT2D eigenvalue weighted by Gasteiger charge is 2.39. The van der Waals surface area contributed by atoms with Crippen LogP contribution in [-0.4, -0.2) is 51.5 Å². The average Bonchev–Trinajstić information content (AvgIpc) is 3.23. The van der Waals surface area contributed by atoms with Crippen LogP contribution in [0.3, 0.4) is 0 Å². The minimum Gasteiger partial charge on any atom is -0.292 e. The summed E-state index contributed by atoms with van der Waals surface area (Å²) in [5.74, 6) is -3.55. The number of hydrogen-bond acceptors (Lipinski definition) is 7. The molecule has 1 fully saturated rings. The van der Waals surface area contributed by atoms with E-state index in [9.17, 15) is 28.8 Å². The van der Waals surface area contributed by atoms with E-state index in [4.69, 9.17) is 5.21 Å². The Morgan fingerprint density at radius 2 is 1.66 bits per heavy atom. The number of carbonyl (C=O) groups is 6. The molecule has 0 radical (unpaired) electrons. The molecule has 3 rings (SSSR count). The van der Waals surface area contributed by atoms with Gasteiger partial charge >= 0.3 is 0 Å². The highest BCUT2D eigenvalue weighted by atomic mass is 16.5. The second-order valence-corrected chi connectivity index (χ2v) is 6.51. The van der Waals surface area contributed by atoms with Crippen LogP contribution in [0.2, 0.25) is 0 Å². The lowest BCUT2D eigenvalue weighted by Gasteiger charge is -2.25. The number of anilines is 1. The van der Waals surface area contributed by atoms with E-state index >= 15 is 0 Å². The van der Waals surface area contributed by atoms with Crippen molar-refractivity contribution in [1.82, 2.24) is 10.4 Å². The van der Waals surface area contributed by atoms with Gasteiger partial charge in [-0.25, -0.2) is 10.4 Å². The van der Waals surface area contributed by atoms with Crippen LogP contribution < -0.4 is 10.4 Å². The molecular formula is C19H17N3O7. The second kappa shape index (κ2) is 8.15. The zero-order valence-electron chi connectivity index (χ0n) is 15.2. The number of nitrogens with zero attached hydrogens (tertiary/aromatic N) is 2. The van der Waals surface area contributed by atoms with Crippen molar-refractivity contribution in [3.05, 3.63) is 42.0 Å². The SMILES string of the molecule is O=C(CCC(C(=O)c1cccc(N2C(=O)C=CC2=O)c1)N1C(=O)CCC1=O)NO. The Morgan fingerprint density at radius 3 is 2.24 bits per heavy atom. The summed E-state index contributed by atoms with van der Waals surface area (Å²) in [7, 11) is 0. The van der Waals surface area contributed by atoms with Gasteiger partial charge in [0, 0.05) is 37.0 Å². The molecule has 1 saturated heterocycles. The molecule has 2 aliphatic heterocycles. The molecule has 1 unspecified atom stereocenters. The summed E-state index contributed by atoms with van der Waals surface area (Å²) in [5.41, 5.74) is 1.68. The smallest absolute Gasteiger partial charge is 0.258 e. The number of hydroxylamine groups is 1. The van der Waals surface area contributed by atoms with Gasteiger partial charge in [-0.2, -0.15) is 0 Å². The van der Waals surface area contributed by atoms with Gasteiger partial charge in [0.1, 0.15) is 6.04 Å². The zero-order chi connectivity index (χ0) is 21.1. The minimum absolute atomic E-state index is 0.0305. The Bertz CT molecular complexity index is 919. The predicted octanol–water partition coefficient (Wildman–Crippen LogP) is 0.102. The molecule has 0 aliphatic carbocycles. The number of amides is 5. The summed E-state index contributed by atoms with van der Waals surface area (Å²) in [6, 6.07) is 4.43. The van der Waals surface area contributed by atoms with Crippen molar-refractivity contribution in [2.24, 2.45) is 0 Å². The van der Waals surface area contributed by atoms with E-state index < -0.39 is 41.4 Å². The minimum atomic E-state index is -1.24. The van der Waals surface area contributed by atoms with Crippen LogP contribution in [0.25, 0.3) is 0 Å². The van der Waals surface area contributed by atoms with Crippen molar-refractivity contribution >= 4 is 41.0 Å². The molecule has 1 aromatic rings. The van der Waals surface area contributed by atoms with Gasteiger partial charge in [-0.15, -0.1) is 0 Å². The molecule has 150 valence electrons. The summed E-state index contributed by atoms with van der Waals surface area (Å²) in [6.07, 6.45) is 1.67. The highest BCUT2D eigenvalue weighted by Crippen LogP contribution is 2.25. The second-order valence-electron chi connectivity index (χ2n) is 6.51. The van der Waals surface area contributed by atoms with Crippen LogP contribution >= 0.6 is 0 Å². The van der Waals surface area contributed by atoms with Crippen LogP contribution in [0.1, 0.15) is 36.0 Å². The number of carbonyl (C=O) groups excluding carboxylic acids is 6. The Labute approximate surface area is 164 Å². The molecule has 10 nitrogen and oxygen atoms in total. The molecule has 2 aliphatic rings. The van der Waals surface area contributed by atoms with E-state index in [0.29, 0.717) is 0 Å². The number of ketones is 1. The number of imide groups is 2. The van der Waals surface area contributed by atoms with Gasteiger partial charge in [-0.3, -0.25) is 38.9 Å². The van der Waals surface area contributed by atoms with Crippen molar-refractivity contribution in [3.8, 4) is 0 Å². The summed E-state index contributed by atoms with van der Waals surface area (Å²) in [4.78, 5) is 74.3. The maximum atomic E-state index is 13.1. The third-order valence-corrected chi connectivity index (χ3v) is 4.67. The van der Waals surface area contributed by atoms with E-state index in [2.05, 4.69) is 0 Å². The third-order valence-electron chi connectivity index (χ3n) is 4.67. The Kier molecular flexibility index (Phi) is 5.64. The molecule has 1 atom stereocenters. The van der Waals surface area contributed by atoms with Crippen molar-refractivity contribution < 1.29 is 34.0 Å². The normalized spacial score (nSPS) is 17.3. The molecule has 0 spiro atoms. The molecule has 29 heavy (non-hydrogen) atoms. The lowest BCUT2D eigenvalue weighted by molar-refractivity contribution is -0.141.